The number of hydrogen-bond acceptors (Lipinski definition) is 2. The first kappa shape index (κ1) is 17.7. The minimum absolute atomic E-state index is 0.117. The third kappa shape index (κ3) is 4.00. The molecule has 0 aromatic heterocycles. The third-order valence-electron chi connectivity index (χ3n) is 4.17. The smallest absolute Gasteiger partial charge is 0.205 e. The van der Waals surface area contributed by atoms with Crippen LogP contribution in [0.2, 0.25) is 0 Å². The van der Waals surface area contributed by atoms with Gasteiger partial charge in [0.2, 0.25) is 7.14 Å². The molecule has 0 heterocycles. The maximum atomic E-state index is 13.9. The average Bonchev–Trinajstić information content (AvgIpc) is 2.59. The molecule has 122 valence electrons. The molecule has 3 heteroatoms. The molecular formula is C20H25O2P. The minimum Gasteiger partial charge on any atom is -0.306 e. The molecule has 2 aromatic rings. The topological polar surface area (TPSA) is 34.1 Å². The lowest BCUT2D eigenvalue weighted by atomic mass is 10.2. The highest BCUT2D eigenvalue weighted by atomic mass is 31.2. The van der Waals surface area contributed by atoms with E-state index in [4.69, 9.17) is 0 Å². The minimum atomic E-state index is -3.24. The molecule has 1 atom stereocenters. The van der Waals surface area contributed by atoms with Gasteiger partial charge in [0.05, 0.1) is 0 Å². The second-order valence-corrected chi connectivity index (χ2v) is 8.65. The van der Waals surface area contributed by atoms with Crippen molar-refractivity contribution in [3.05, 3.63) is 60.2 Å². The van der Waals surface area contributed by atoms with Gasteiger partial charge in [-0.25, -0.2) is 0 Å². The van der Waals surface area contributed by atoms with Crippen LogP contribution in [0, 0.1) is 6.92 Å². The quantitative estimate of drug-likeness (QED) is 0.515. The van der Waals surface area contributed by atoms with Crippen LogP contribution in [0.1, 0.15) is 44.6 Å². The van der Waals surface area contributed by atoms with Crippen molar-refractivity contribution in [1.29, 1.82) is 0 Å². The van der Waals surface area contributed by atoms with E-state index >= 15 is 0 Å². The van der Waals surface area contributed by atoms with Gasteiger partial charge in [0.25, 0.3) is 0 Å². The van der Waals surface area contributed by atoms with E-state index in [1.165, 1.54) is 0 Å². The number of hydrogen-bond donors (Lipinski definition) is 0. The van der Waals surface area contributed by atoms with Gasteiger partial charge in [-0.15, -0.1) is 0 Å². The van der Waals surface area contributed by atoms with Gasteiger partial charge in [-0.3, -0.25) is 4.79 Å². The molecule has 0 bridgehead atoms. The van der Waals surface area contributed by atoms with Crippen molar-refractivity contribution in [1.82, 2.24) is 0 Å². The average molecular weight is 328 g/mol. The molecule has 0 spiro atoms. The van der Waals surface area contributed by atoms with Crippen LogP contribution in [0.5, 0.6) is 0 Å². The molecule has 0 aliphatic rings. The summed E-state index contributed by atoms with van der Waals surface area (Å²) in [7, 11) is -3.24. The number of rotatable bonds is 8. The number of unbranched alkanes of at least 4 members (excludes halogenated alkanes) is 3. The van der Waals surface area contributed by atoms with E-state index in [0.717, 1.165) is 31.2 Å². The SMILES string of the molecule is CCCCCCC(=O)P(=O)(c1ccccc1)c1ccccc1C. The van der Waals surface area contributed by atoms with Crippen molar-refractivity contribution in [2.45, 2.75) is 46.0 Å². The lowest BCUT2D eigenvalue weighted by molar-refractivity contribution is -0.111. The molecule has 2 rings (SSSR count). The zero-order valence-electron chi connectivity index (χ0n) is 14.0. The monoisotopic (exact) mass is 328 g/mol. The Labute approximate surface area is 139 Å². The van der Waals surface area contributed by atoms with Crippen molar-refractivity contribution in [3.63, 3.8) is 0 Å². The van der Waals surface area contributed by atoms with Crippen LogP contribution in [0.4, 0.5) is 0 Å². The predicted molar refractivity (Wildman–Crippen MR) is 98.3 cm³/mol. The molecule has 0 saturated heterocycles. The largest absolute Gasteiger partial charge is 0.306 e. The van der Waals surface area contributed by atoms with Gasteiger partial charge < -0.3 is 4.57 Å². The lowest BCUT2D eigenvalue weighted by Gasteiger charge is -2.20. The Balaban J connectivity index is 2.39. The van der Waals surface area contributed by atoms with Crippen LogP contribution < -0.4 is 10.6 Å². The highest BCUT2D eigenvalue weighted by molar-refractivity contribution is 7.93. The Morgan fingerprint density at radius 1 is 0.913 bits per heavy atom. The van der Waals surface area contributed by atoms with Crippen molar-refractivity contribution in [3.8, 4) is 0 Å². The molecule has 0 saturated carbocycles. The molecule has 0 amide bonds. The van der Waals surface area contributed by atoms with Crippen LogP contribution in [-0.4, -0.2) is 5.52 Å². The fraction of sp³-hybridized carbons (Fsp3) is 0.350. The summed E-state index contributed by atoms with van der Waals surface area (Å²) >= 11 is 0. The van der Waals surface area contributed by atoms with Gasteiger partial charge >= 0.3 is 0 Å². The van der Waals surface area contributed by atoms with Gasteiger partial charge in [-0.1, -0.05) is 80.8 Å². The predicted octanol–water partition coefficient (Wildman–Crippen LogP) is 4.81. The maximum Gasteiger partial charge on any atom is 0.205 e. The first-order valence-electron chi connectivity index (χ1n) is 8.36. The van der Waals surface area contributed by atoms with Gasteiger partial charge in [-0.05, 0) is 18.9 Å². The van der Waals surface area contributed by atoms with Crippen molar-refractivity contribution in [2.24, 2.45) is 0 Å². The zero-order valence-corrected chi connectivity index (χ0v) is 14.9. The lowest BCUT2D eigenvalue weighted by Crippen LogP contribution is -2.24. The highest BCUT2D eigenvalue weighted by Crippen LogP contribution is 2.46. The van der Waals surface area contributed by atoms with Gasteiger partial charge in [-0.2, -0.15) is 0 Å². The van der Waals surface area contributed by atoms with Crippen LogP contribution in [0.3, 0.4) is 0 Å². The zero-order chi connectivity index (χ0) is 16.7. The Bertz CT molecular complexity index is 692. The summed E-state index contributed by atoms with van der Waals surface area (Å²) in [4.78, 5) is 12.9. The molecule has 2 aromatic carbocycles. The molecule has 2 nitrogen and oxygen atoms in total. The van der Waals surface area contributed by atoms with E-state index in [2.05, 4.69) is 6.92 Å². The third-order valence-corrected chi connectivity index (χ3v) is 7.30. The molecule has 0 aliphatic heterocycles. The number of carbonyl (C=O) groups is 1. The molecule has 0 aliphatic carbocycles. The molecule has 0 radical (unpaired) electrons. The second kappa shape index (κ2) is 8.26. The van der Waals surface area contributed by atoms with Crippen LogP contribution in [0.15, 0.2) is 54.6 Å². The van der Waals surface area contributed by atoms with E-state index in [1.54, 1.807) is 0 Å². The molecule has 23 heavy (non-hydrogen) atoms. The van der Waals surface area contributed by atoms with E-state index in [9.17, 15) is 9.36 Å². The second-order valence-electron chi connectivity index (χ2n) is 5.94. The summed E-state index contributed by atoms with van der Waals surface area (Å²) in [5.74, 6) is 0. The summed E-state index contributed by atoms with van der Waals surface area (Å²) in [6.45, 7) is 4.07. The standard InChI is InChI=1S/C20H25O2P/c1-3-4-5-9-16-20(21)23(22,18-13-7-6-8-14-18)19-15-11-10-12-17(19)2/h6-8,10-15H,3-5,9,16H2,1-2H3. The first-order chi connectivity index (χ1) is 11.1. The molecule has 0 N–H and O–H groups in total. The summed E-state index contributed by atoms with van der Waals surface area (Å²) in [6.07, 6.45) is 4.47. The van der Waals surface area contributed by atoms with Crippen LogP contribution in [-0.2, 0) is 9.36 Å². The van der Waals surface area contributed by atoms with Gasteiger partial charge in [0.15, 0.2) is 5.52 Å². The molecular weight excluding hydrogens is 303 g/mol. The summed E-state index contributed by atoms with van der Waals surface area (Å²) in [5, 5.41) is 1.33. The van der Waals surface area contributed by atoms with Crippen molar-refractivity contribution in [2.75, 3.05) is 0 Å². The fourth-order valence-electron chi connectivity index (χ4n) is 2.83. The van der Waals surface area contributed by atoms with E-state index in [-0.39, 0.29) is 5.52 Å². The Morgan fingerprint density at radius 3 is 2.22 bits per heavy atom. The van der Waals surface area contributed by atoms with Crippen LogP contribution >= 0.6 is 7.14 Å². The van der Waals surface area contributed by atoms with Crippen molar-refractivity contribution < 1.29 is 9.36 Å². The summed E-state index contributed by atoms with van der Waals surface area (Å²) in [6, 6.07) is 16.8. The number of benzene rings is 2. The van der Waals surface area contributed by atoms with E-state index < -0.39 is 7.14 Å². The molecule has 1 unspecified atom stereocenters. The Morgan fingerprint density at radius 2 is 1.57 bits per heavy atom. The van der Waals surface area contributed by atoms with Crippen LogP contribution in [0.25, 0.3) is 0 Å². The van der Waals surface area contributed by atoms with E-state index in [0.29, 0.717) is 17.0 Å². The summed E-state index contributed by atoms with van der Waals surface area (Å²) < 4.78 is 13.9. The number of aryl methyl sites for hydroxylation is 1. The Hall–Kier alpha value is -1.66. The van der Waals surface area contributed by atoms with E-state index in [1.807, 2.05) is 61.5 Å². The number of carbonyl (C=O) groups excluding carboxylic acids is 1. The van der Waals surface area contributed by atoms with Gasteiger partial charge in [0, 0.05) is 17.0 Å². The van der Waals surface area contributed by atoms with Crippen molar-refractivity contribution >= 4 is 23.3 Å². The Kier molecular flexibility index (Phi) is 6.36. The fourth-order valence-corrected chi connectivity index (χ4v) is 5.60. The molecule has 0 fully saturated rings. The first-order valence-corrected chi connectivity index (χ1v) is 10.1. The highest BCUT2D eigenvalue weighted by Gasteiger charge is 2.35. The normalized spacial score (nSPS) is 13.5. The van der Waals surface area contributed by atoms with Gasteiger partial charge in [0.1, 0.15) is 0 Å². The summed E-state index contributed by atoms with van der Waals surface area (Å²) in [5.41, 5.74) is 0.802. The maximum absolute atomic E-state index is 13.9.